The fourth-order valence-electron chi connectivity index (χ4n) is 3.04. The summed E-state index contributed by atoms with van der Waals surface area (Å²) in [5, 5.41) is 7.44. The summed E-state index contributed by atoms with van der Waals surface area (Å²) < 4.78 is 0. The molecule has 0 saturated carbocycles. The van der Waals surface area contributed by atoms with Crippen molar-refractivity contribution in [3.63, 3.8) is 0 Å². The third-order valence-electron chi connectivity index (χ3n) is 4.83. The molecule has 0 rings (SSSR count). The van der Waals surface area contributed by atoms with Crippen LogP contribution >= 0.6 is 0 Å². The summed E-state index contributed by atoms with van der Waals surface area (Å²) in [5.41, 5.74) is 0.359. The van der Waals surface area contributed by atoms with Crippen molar-refractivity contribution in [3.8, 4) is 0 Å². The highest BCUT2D eigenvalue weighted by Gasteiger charge is 2.18. The summed E-state index contributed by atoms with van der Waals surface area (Å²) in [7, 11) is 0. The number of hydrogen-bond donors (Lipinski definition) is 2. The molecule has 0 aliphatic heterocycles. The van der Waals surface area contributed by atoms with Crippen LogP contribution in [0.15, 0.2) is 0 Å². The molecule has 3 heteroatoms. The van der Waals surface area contributed by atoms with Crippen LogP contribution in [0, 0.1) is 11.3 Å². The van der Waals surface area contributed by atoms with Crippen molar-refractivity contribution in [2.45, 2.75) is 93.2 Å². The van der Waals surface area contributed by atoms with E-state index in [-0.39, 0.29) is 0 Å². The molecule has 0 bridgehead atoms. The fourth-order valence-corrected chi connectivity index (χ4v) is 3.04. The highest BCUT2D eigenvalue weighted by atomic mass is 15.2. The highest BCUT2D eigenvalue weighted by molar-refractivity contribution is 4.77. The predicted octanol–water partition coefficient (Wildman–Crippen LogP) is 4.53. The van der Waals surface area contributed by atoms with Gasteiger partial charge in [-0.25, -0.2) is 0 Å². The Kier molecular flexibility index (Phi) is 13.1. The average Bonchev–Trinajstić information content (AvgIpc) is 2.50. The van der Waals surface area contributed by atoms with E-state index < -0.39 is 0 Å². The molecule has 0 amide bonds. The van der Waals surface area contributed by atoms with Crippen molar-refractivity contribution in [3.05, 3.63) is 0 Å². The third kappa shape index (κ3) is 12.3. The second-order valence-corrected chi connectivity index (χ2v) is 8.94. The molecule has 0 aromatic heterocycles. The second-order valence-electron chi connectivity index (χ2n) is 8.94. The zero-order chi connectivity index (χ0) is 18.6. The molecule has 0 aromatic rings. The second kappa shape index (κ2) is 13.1. The van der Waals surface area contributed by atoms with Crippen LogP contribution in [-0.2, 0) is 0 Å². The van der Waals surface area contributed by atoms with Gasteiger partial charge in [-0.3, -0.25) is 4.90 Å². The first-order valence-corrected chi connectivity index (χ1v) is 10.4. The number of rotatable bonds is 14. The Bertz CT molecular complexity index is 279. The molecule has 0 aliphatic rings. The Morgan fingerprint density at radius 3 is 2.00 bits per heavy atom. The van der Waals surface area contributed by atoms with Crippen molar-refractivity contribution in [2.75, 3.05) is 32.7 Å². The van der Waals surface area contributed by atoms with Crippen LogP contribution in [0.3, 0.4) is 0 Å². The molecule has 0 aliphatic carbocycles. The lowest BCUT2D eigenvalue weighted by atomic mass is 9.97. The summed E-state index contributed by atoms with van der Waals surface area (Å²) in [5.74, 6) is 0.777. The summed E-state index contributed by atoms with van der Waals surface area (Å²) >= 11 is 0. The first-order valence-electron chi connectivity index (χ1n) is 10.4. The lowest BCUT2D eigenvalue weighted by molar-refractivity contribution is 0.172. The van der Waals surface area contributed by atoms with Crippen LogP contribution in [0.5, 0.6) is 0 Å². The molecule has 2 N–H and O–H groups in total. The van der Waals surface area contributed by atoms with Gasteiger partial charge in [0.25, 0.3) is 0 Å². The van der Waals surface area contributed by atoms with Gasteiger partial charge >= 0.3 is 0 Å². The number of hydrogen-bond acceptors (Lipinski definition) is 3. The van der Waals surface area contributed by atoms with E-state index in [0.29, 0.717) is 17.5 Å². The lowest BCUT2D eigenvalue weighted by Gasteiger charge is -2.33. The summed E-state index contributed by atoms with van der Waals surface area (Å²) in [4.78, 5) is 2.71. The first kappa shape index (κ1) is 23.9. The van der Waals surface area contributed by atoms with Gasteiger partial charge in [-0.05, 0) is 43.6 Å². The van der Waals surface area contributed by atoms with E-state index in [4.69, 9.17) is 0 Å². The van der Waals surface area contributed by atoms with Crippen molar-refractivity contribution >= 4 is 0 Å². The quantitative estimate of drug-likeness (QED) is 0.486. The standard InChI is InChI=1S/C21H47N3/c1-9-19(10-2)23-13-15-24(14-12-18(4)5)20(11-3)16-22-17-21(6,7)8/h18-20,22-23H,9-17H2,1-8H3. The molecule has 0 heterocycles. The van der Waals surface area contributed by atoms with Gasteiger partial charge in [0.05, 0.1) is 0 Å². The first-order chi connectivity index (χ1) is 11.2. The average molecular weight is 342 g/mol. The molecular formula is C21H47N3. The minimum Gasteiger partial charge on any atom is -0.315 e. The minimum atomic E-state index is 0.359. The molecular weight excluding hydrogens is 294 g/mol. The molecule has 146 valence electrons. The van der Waals surface area contributed by atoms with Crippen molar-refractivity contribution in [1.82, 2.24) is 15.5 Å². The number of nitrogens with one attached hydrogen (secondary N) is 2. The Morgan fingerprint density at radius 1 is 0.917 bits per heavy atom. The molecule has 1 unspecified atom stereocenters. The van der Waals surface area contributed by atoms with Crippen LogP contribution < -0.4 is 10.6 Å². The smallest absolute Gasteiger partial charge is 0.0218 e. The molecule has 0 radical (unpaired) electrons. The van der Waals surface area contributed by atoms with Crippen molar-refractivity contribution < 1.29 is 0 Å². The molecule has 1 atom stereocenters. The molecule has 24 heavy (non-hydrogen) atoms. The maximum absolute atomic E-state index is 3.73. The normalized spacial score (nSPS) is 14.1. The molecule has 0 spiro atoms. The van der Waals surface area contributed by atoms with E-state index in [2.05, 4.69) is 70.9 Å². The van der Waals surface area contributed by atoms with Crippen LogP contribution in [0.4, 0.5) is 0 Å². The Morgan fingerprint density at radius 2 is 1.54 bits per heavy atom. The monoisotopic (exact) mass is 341 g/mol. The van der Waals surface area contributed by atoms with Gasteiger partial charge in [-0.15, -0.1) is 0 Å². The molecule has 0 saturated heterocycles. The fraction of sp³-hybridized carbons (Fsp3) is 1.00. The molecule has 0 aromatic carbocycles. The van der Waals surface area contributed by atoms with E-state index >= 15 is 0 Å². The van der Waals surface area contributed by atoms with E-state index in [1.165, 1.54) is 38.8 Å². The zero-order valence-electron chi connectivity index (χ0n) is 18.0. The van der Waals surface area contributed by atoms with Gasteiger partial charge in [-0.2, -0.15) is 0 Å². The summed E-state index contributed by atoms with van der Waals surface area (Å²) in [6.45, 7) is 24.2. The highest BCUT2D eigenvalue weighted by Crippen LogP contribution is 2.12. The van der Waals surface area contributed by atoms with Gasteiger partial charge in [0.15, 0.2) is 0 Å². The van der Waals surface area contributed by atoms with Crippen LogP contribution in [0.2, 0.25) is 0 Å². The van der Waals surface area contributed by atoms with E-state index in [9.17, 15) is 0 Å². The van der Waals surface area contributed by atoms with Gasteiger partial charge in [0.2, 0.25) is 0 Å². The Labute approximate surface area is 153 Å². The number of nitrogens with zero attached hydrogens (tertiary/aromatic N) is 1. The Hall–Kier alpha value is -0.120. The Balaban J connectivity index is 4.50. The molecule has 0 fully saturated rings. The zero-order valence-corrected chi connectivity index (χ0v) is 18.0. The predicted molar refractivity (Wildman–Crippen MR) is 110 cm³/mol. The van der Waals surface area contributed by atoms with Gasteiger partial charge in [0.1, 0.15) is 0 Å². The summed E-state index contributed by atoms with van der Waals surface area (Å²) in [6, 6.07) is 1.32. The van der Waals surface area contributed by atoms with E-state index in [1.807, 2.05) is 0 Å². The third-order valence-corrected chi connectivity index (χ3v) is 4.83. The largest absolute Gasteiger partial charge is 0.315 e. The van der Waals surface area contributed by atoms with Gasteiger partial charge in [0, 0.05) is 38.3 Å². The van der Waals surface area contributed by atoms with Crippen LogP contribution in [0.1, 0.15) is 81.1 Å². The minimum absolute atomic E-state index is 0.359. The van der Waals surface area contributed by atoms with E-state index in [1.54, 1.807) is 0 Å². The topological polar surface area (TPSA) is 27.3 Å². The summed E-state index contributed by atoms with van der Waals surface area (Å²) in [6.07, 6.45) is 4.97. The molecule has 3 nitrogen and oxygen atoms in total. The van der Waals surface area contributed by atoms with Crippen molar-refractivity contribution in [1.29, 1.82) is 0 Å². The SMILES string of the molecule is CCC(CC)NCCN(CCC(C)C)C(CC)CNCC(C)(C)C. The maximum Gasteiger partial charge on any atom is 0.0218 e. The van der Waals surface area contributed by atoms with Crippen molar-refractivity contribution in [2.24, 2.45) is 11.3 Å². The van der Waals surface area contributed by atoms with Crippen LogP contribution in [0.25, 0.3) is 0 Å². The van der Waals surface area contributed by atoms with E-state index in [0.717, 1.165) is 25.6 Å². The van der Waals surface area contributed by atoms with Crippen LogP contribution in [-0.4, -0.2) is 49.7 Å². The van der Waals surface area contributed by atoms with Gasteiger partial charge < -0.3 is 10.6 Å². The maximum atomic E-state index is 3.73. The van der Waals surface area contributed by atoms with Gasteiger partial charge in [-0.1, -0.05) is 55.4 Å². The lowest BCUT2D eigenvalue weighted by Crippen LogP contribution is -2.47.